The second-order valence-electron chi connectivity index (χ2n) is 9.61. The molecule has 2 aliphatic rings. The molecule has 2 aliphatic heterocycles. The number of nitrogens with one attached hydrogen (secondary N) is 1. The average molecular weight is 493 g/mol. The Balaban J connectivity index is 1.49. The summed E-state index contributed by atoms with van der Waals surface area (Å²) >= 11 is 0. The fraction of sp³-hybridized carbons (Fsp3) is 0.583. The van der Waals surface area contributed by atoms with Crippen LogP contribution >= 0.6 is 0 Å². The fourth-order valence-corrected chi connectivity index (χ4v) is 5.06. The van der Waals surface area contributed by atoms with Gasteiger partial charge in [0.15, 0.2) is 0 Å². The number of halogens is 3. The van der Waals surface area contributed by atoms with Crippen molar-refractivity contribution in [1.29, 1.82) is 0 Å². The molecule has 1 atom stereocenters. The van der Waals surface area contributed by atoms with Crippen LogP contribution in [-0.4, -0.2) is 65.2 Å². The van der Waals surface area contributed by atoms with Gasteiger partial charge in [-0.2, -0.15) is 13.2 Å². The molecule has 35 heavy (non-hydrogen) atoms. The number of nitrogens with two attached hydrogens (primary N) is 1. The molecule has 1 unspecified atom stereocenters. The minimum absolute atomic E-state index is 0.0354. The normalized spacial score (nSPS) is 19.9. The smallest absolute Gasteiger partial charge is 0.406 e. The van der Waals surface area contributed by atoms with Crippen LogP contribution in [0.15, 0.2) is 28.7 Å². The fourth-order valence-electron chi connectivity index (χ4n) is 5.06. The van der Waals surface area contributed by atoms with E-state index in [2.05, 4.69) is 27.5 Å². The van der Waals surface area contributed by atoms with Crippen LogP contribution in [0.4, 0.5) is 18.9 Å². The minimum Gasteiger partial charge on any atom is -0.418 e. The zero-order valence-corrected chi connectivity index (χ0v) is 19.7. The number of nitrogens with zero attached hydrogens (tertiary/aromatic N) is 4. The van der Waals surface area contributed by atoms with E-state index in [-0.39, 0.29) is 29.4 Å². The van der Waals surface area contributed by atoms with Gasteiger partial charge >= 0.3 is 6.18 Å². The quantitative estimate of drug-likeness (QED) is 0.533. The highest BCUT2D eigenvalue weighted by molar-refractivity contribution is 5.96. The zero-order chi connectivity index (χ0) is 24.6. The summed E-state index contributed by atoms with van der Waals surface area (Å²) in [5, 5.41) is 12.4. The molecule has 0 bridgehead atoms. The van der Waals surface area contributed by atoms with Crippen LogP contribution in [0.2, 0.25) is 0 Å². The largest absolute Gasteiger partial charge is 0.418 e. The Morgan fingerprint density at radius 1 is 1.14 bits per heavy atom. The molecule has 5 rings (SSSR count). The van der Waals surface area contributed by atoms with Crippen molar-refractivity contribution in [1.82, 2.24) is 19.7 Å². The number of piperidine rings is 1. The third-order valence-electron chi connectivity index (χ3n) is 7.08. The highest BCUT2D eigenvalue weighted by atomic mass is 19.4. The lowest BCUT2D eigenvalue weighted by Crippen LogP contribution is -2.36. The molecule has 11 heteroatoms. The minimum atomic E-state index is -4.42. The van der Waals surface area contributed by atoms with Crippen LogP contribution in [-0.2, 0) is 11.3 Å². The molecule has 0 spiro atoms. The van der Waals surface area contributed by atoms with Gasteiger partial charge in [0.2, 0.25) is 5.89 Å². The molecule has 0 saturated carbocycles. The molecular weight excluding hydrogens is 461 g/mol. The van der Waals surface area contributed by atoms with E-state index in [1.165, 1.54) is 4.57 Å². The highest BCUT2D eigenvalue weighted by Gasteiger charge is 2.32. The van der Waals surface area contributed by atoms with Gasteiger partial charge in [-0.3, -0.25) is 0 Å². The summed E-state index contributed by atoms with van der Waals surface area (Å²) in [6, 6.07) is 6.85. The van der Waals surface area contributed by atoms with E-state index >= 15 is 0 Å². The molecule has 2 fully saturated rings. The Morgan fingerprint density at radius 2 is 1.89 bits per heavy atom. The number of hydrogen-bond acceptors (Lipinski definition) is 7. The first kappa shape index (κ1) is 24.1. The first-order chi connectivity index (χ1) is 16.8. The molecule has 3 aromatic rings. The van der Waals surface area contributed by atoms with Gasteiger partial charge in [0.1, 0.15) is 12.2 Å². The Bertz CT molecular complexity index is 1150. The number of anilines is 1. The van der Waals surface area contributed by atoms with Crippen molar-refractivity contribution in [2.24, 2.45) is 11.7 Å². The summed E-state index contributed by atoms with van der Waals surface area (Å²) in [4.78, 5) is 2.27. The molecule has 0 amide bonds. The zero-order valence-electron chi connectivity index (χ0n) is 19.7. The monoisotopic (exact) mass is 492 g/mol. The number of ether oxygens (including phenoxy) is 1. The summed E-state index contributed by atoms with van der Waals surface area (Å²) in [7, 11) is 2.09. The molecule has 3 N–H and O–H groups in total. The second kappa shape index (κ2) is 9.79. The van der Waals surface area contributed by atoms with Gasteiger partial charge in [0.25, 0.3) is 5.89 Å². The summed E-state index contributed by atoms with van der Waals surface area (Å²) in [6.45, 7) is 2.03. The van der Waals surface area contributed by atoms with Gasteiger partial charge in [-0.1, -0.05) is 6.07 Å². The van der Waals surface area contributed by atoms with Crippen molar-refractivity contribution >= 4 is 16.6 Å². The number of likely N-dealkylation sites (tertiary alicyclic amines) is 1. The van der Waals surface area contributed by atoms with Gasteiger partial charge in [-0.05, 0) is 69.9 Å². The van der Waals surface area contributed by atoms with Gasteiger partial charge in [0, 0.05) is 30.3 Å². The van der Waals surface area contributed by atoms with Crippen LogP contribution in [0.1, 0.15) is 37.6 Å². The average Bonchev–Trinajstić information content (AvgIpc) is 3.46. The lowest BCUT2D eigenvalue weighted by Gasteiger charge is -2.30. The predicted octanol–water partition coefficient (Wildman–Crippen LogP) is 4.19. The van der Waals surface area contributed by atoms with Crippen molar-refractivity contribution in [2.75, 3.05) is 38.7 Å². The van der Waals surface area contributed by atoms with Crippen LogP contribution in [0.5, 0.6) is 0 Å². The van der Waals surface area contributed by atoms with E-state index < -0.39 is 18.8 Å². The summed E-state index contributed by atoms with van der Waals surface area (Å²) in [5.74, 6) is 0.400. The van der Waals surface area contributed by atoms with E-state index in [1.807, 2.05) is 6.07 Å². The van der Waals surface area contributed by atoms with Crippen molar-refractivity contribution in [3.63, 3.8) is 0 Å². The molecule has 2 saturated heterocycles. The topological polar surface area (TPSA) is 94.4 Å². The molecule has 4 heterocycles. The van der Waals surface area contributed by atoms with Gasteiger partial charge in [-0.15, -0.1) is 10.2 Å². The van der Waals surface area contributed by atoms with Crippen molar-refractivity contribution in [2.45, 2.75) is 50.5 Å². The first-order valence-corrected chi connectivity index (χ1v) is 12.1. The number of hydrogen-bond donors (Lipinski definition) is 2. The Hall–Kier alpha value is -2.63. The molecule has 1 aromatic carbocycles. The standard InChI is InChI=1S/C24H31F3N6O2/c1-32-9-5-16(6-10-32)29-18-3-2-4-19-17(18)13-20(33(19)14-24(25,26)27)22-30-31-23(35-22)21(28)15-7-11-34-12-8-15/h2-4,13,15-16,21,29H,5-12,14,28H2,1H3. The van der Waals surface area contributed by atoms with Gasteiger partial charge in [0.05, 0.1) is 11.6 Å². The Morgan fingerprint density at radius 3 is 2.60 bits per heavy atom. The summed E-state index contributed by atoms with van der Waals surface area (Å²) < 4.78 is 53.2. The van der Waals surface area contributed by atoms with Crippen LogP contribution in [0, 0.1) is 5.92 Å². The third kappa shape index (κ3) is 5.31. The molecule has 8 nitrogen and oxygen atoms in total. The van der Waals surface area contributed by atoms with Crippen molar-refractivity contribution in [3.05, 3.63) is 30.2 Å². The van der Waals surface area contributed by atoms with E-state index in [0.29, 0.717) is 24.1 Å². The lowest BCUT2D eigenvalue weighted by molar-refractivity contribution is -0.139. The predicted molar refractivity (Wildman–Crippen MR) is 126 cm³/mol. The second-order valence-corrected chi connectivity index (χ2v) is 9.61. The molecule has 190 valence electrons. The lowest BCUT2D eigenvalue weighted by atomic mass is 9.92. The Kier molecular flexibility index (Phi) is 6.73. The van der Waals surface area contributed by atoms with E-state index in [9.17, 15) is 13.2 Å². The number of rotatable bonds is 6. The van der Waals surface area contributed by atoms with Crippen molar-refractivity contribution < 1.29 is 22.3 Å². The number of fused-ring (bicyclic) bond motifs is 1. The number of aromatic nitrogens is 3. The maximum absolute atomic E-state index is 13.6. The Labute approximate surface area is 201 Å². The third-order valence-corrected chi connectivity index (χ3v) is 7.08. The van der Waals surface area contributed by atoms with Gasteiger partial charge in [-0.25, -0.2) is 0 Å². The van der Waals surface area contributed by atoms with Crippen LogP contribution in [0.3, 0.4) is 0 Å². The molecule has 0 radical (unpaired) electrons. The van der Waals surface area contributed by atoms with Crippen molar-refractivity contribution in [3.8, 4) is 11.6 Å². The number of benzene rings is 1. The summed E-state index contributed by atoms with van der Waals surface area (Å²) in [5.41, 5.74) is 7.86. The van der Waals surface area contributed by atoms with Crippen LogP contribution < -0.4 is 11.1 Å². The first-order valence-electron chi connectivity index (χ1n) is 12.1. The number of alkyl halides is 3. The van der Waals surface area contributed by atoms with E-state index in [1.54, 1.807) is 18.2 Å². The maximum atomic E-state index is 13.6. The highest BCUT2D eigenvalue weighted by Crippen LogP contribution is 2.36. The van der Waals surface area contributed by atoms with Crippen LogP contribution in [0.25, 0.3) is 22.5 Å². The van der Waals surface area contributed by atoms with Gasteiger partial charge < -0.3 is 29.7 Å². The molecule has 2 aromatic heterocycles. The molecular formula is C24H31F3N6O2. The SMILES string of the molecule is CN1CCC(Nc2cccc3c2cc(-c2nnc(C(N)C4CCOCC4)o2)n3CC(F)(F)F)CC1. The summed E-state index contributed by atoms with van der Waals surface area (Å²) in [6.07, 6.45) is -0.919. The maximum Gasteiger partial charge on any atom is 0.406 e. The van der Waals surface area contributed by atoms with E-state index in [0.717, 1.165) is 44.5 Å². The van der Waals surface area contributed by atoms with E-state index in [4.69, 9.17) is 14.9 Å². The molecule has 0 aliphatic carbocycles.